The van der Waals surface area contributed by atoms with Crippen molar-refractivity contribution in [3.05, 3.63) is 53.1 Å². The zero-order valence-electron chi connectivity index (χ0n) is 12.2. The lowest BCUT2D eigenvalue weighted by molar-refractivity contribution is -0.0506. The monoisotopic (exact) mass is 341 g/mol. The lowest BCUT2D eigenvalue weighted by Gasteiger charge is -2.20. The summed E-state index contributed by atoms with van der Waals surface area (Å²) in [5.41, 5.74) is 0.473. The second-order valence-electron chi connectivity index (χ2n) is 4.57. The number of halogens is 3. The van der Waals surface area contributed by atoms with Gasteiger partial charge >= 0.3 is 6.61 Å². The molecule has 1 aromatic heterocycles. The number of amides is 1. The normalized spacial score (nSPS) is 12.0. The smallest absolute Gasteiger partial charge is 0.387 e. The first-order chi connectivity index (χ1) is 11.0. The number of nitrogens with one attached hydrogen (secondary N) is 1. The van der Waals surface area contributed by atoms with Crippen molar-refractivity contribution in [2.75, 3.05) is 0 Å². The average molecular weight is 342 g/mol. The van der Waals surface area contributed by atoms with Crippen molar-refractivity contribution < 1.29 is 18.3 Å². The minimum Gasteiger partial charge on any atom is -0.434 e. The Morgan fingerprint density at radius 3 is 2.78 bits per heavy atom. The van der Waals surface area contributed by atoms with Gasteiger partial charge in [-0.1, -0.05) is 36.7 Å². The predicted molar refractivity (Wildman–Crippen MR) is 80.6 cm³/mol. The van der Waals surface area contributed by atoms with E-state index in [-0.39, 0.29) is 16.5 Å². The van der Waals surface area contributed by atoms with Crippen LogP contribution in [0.2, 0.25) is 5.02 Å². The van der Waals surface area contributed by atoms with E-state index < -0.39 is 18.6 Å². The summed E-state index contributed by atoms with van der Waals surface area (Å²) in [7, 11) is 0. The summed E-state index contributed by atoms with van der Waals surface area (Å²) in [5, 5.41) is 2.82. The number of nitrogens with zero attached hydrogens (tertiary/aromatic N) is 2. The molecule has 0 saturated heterocycles. The quantitative estimate of drug-likeness (QED) is 0.871. The number of aromatic nitrogens is 2. The summed E-state index contributed by atoms with van der Waals surface area (Å²) in [6.45, 7) is -1.13. The summed E-state index contributed by atoms with van der Waals surface area (Å²) < 4.78 is 29.5. The molecule has 0 aliphatic carbocycles. The summed E-state index contributed by atoms with van der Waals surface area (Å²) in [6, 6.07) is 5.78. The average Bonchev–Trinajstić information content (AvgIpc) is 2.53. The van der Waals surface area contributed by atoms with E-state index in [1.807, 2.05) is 6.92 Å². The lowest BCUT2D eigenvalue weighted by Crippen LogP contribution is -2.29. The highest BCUT2D eigenvalue weighted by molar-refractivity contribution is 6.33. The Labute approximate surface area is 136 Å². The van der Waals surface area contributed by atoms with Gasteiger partial charge in [0.05, 0.1) is 11.1 Å². The van der Waals surface area contributed by atoms with E-state index in [9.17, 15) is 13.6 Å². The summed E-state index contributed by atoms with van der Waals surface area (Å²) >= 11 is 5.88. The molecule has 1 amide bonds. The SMILES string of the molecule is CCC(NC(=O)c1ncncc1Cl)c1ccccc1OC(F)F. The van der Waals surface area contributed by atoms with Crippen molar-refractivity contribution in [3.8, 4) is 5.75 Å². The van der Waals surface area contributed by atoms with E-state index in [0.717, 1.165) is 0 Å². The molecule has 0 aliphatic heterocycles. The molecule has 0 bridgehead atoms. The number of alkyl halides is 2. The van der Waals surface area contributed by atoms with Crippen LogP contribution in [0.15, 0.2) is 36.8 Å². The Bertz CT molecular complexity index is 685. The van der Waals surface area contributed by atoms with Gasteiger partial charge in [0, 0.05) is 11.8 Å². The van der Waals surface area contributed by atoms with Crippen LogP contribution < -0.4 is 10.1 Å². The van der Waals surface area contributed by atoms with Gasteiger partial charge in [-0.2, -0.15) is 8.78 Å². The minimum atomic E-state index is -2.94. The van der Waals surface area contributed by atoms with Gasteiger partial charge in [-0.3, -0.25) is 4.79 Å². The highest BCUT2D eigenvalue weighted by atomic mass is 35.5. The molecule has 8 heteroatoms. The van der Waals surface area contributed by atoms with Crippen molar-refractivity contribution in [1.29, 1.82) is 0 Å². The van der Waals surface area contributed by atoms with E-state index >= 15 is 0 Å². The van der Waals surface area contributed by atoms with Crippen LogP contribution in [-0.2, 0) is 0 Å². The molecule has 1 aromatic carbocycles. The fourth-order valence-electron chi connectivity index (χ4n) is 2.08. The Hall–Kier alpha value is -2.28. The Kier molecular flexibility index (Phi) is 5.81. The van der Waals surface area contributed by atoms with Crippen molar-refractivity contribution in [3.63, 3.8) is 0 Å². The number of carbonyl (C=O) groups excluding carboxylic acids is 1. The summed E-state index contributed by atoms with van der Waals surface area (Å²) in [6.07, 6.45) is 2.98. The van der Waals surface area contributed by atoms with Crippen molar-refractivity contribution in [2.45, 2.75) is 26.0 Å². The van der Waals surface area contributed by atoms with Gasteiger partial charge in [-0.05, 0) is 12.5 Å². The topological polar surface area (TPSA) is 64.1 Å². The van der Waals surface area contributed by atoms with Crippen LogP contribution in [0.5, 0.6) is 5.75 Å². The molecule has 0 fully saturated rings. The molecule has 23 heavy (non-hydrogen) atoms. The molecule has 2 aromatic rings. The first kappa shape index (κ1) is 17.1. The molecular weight excluding hydrogens is 328 g/mol. The third-order valence-corrected chi connectivity index (χ3v) is 3.38. The minimum absolute atomic E-state index is 0.0171. The highest BCUT2D eigenvalue weighted by Gasteiger charge is 2.21. The zero-order chi connectivity index (χ0) is 16.8. The first-order valence-corrected chi connectivity index (χ1v) is 7.20. The number of ether oxygens (including phenoxy) is 1. The number of hydrogen-bond donors (Lipinski definition) is 1. The van der Waals surface area contributed by atoms with E-state index in [2.05, 4.69) is 20.0 Å². The second-order valence-corrected chi connectivity index (χ2v) is 4.98. The number of para-hydroxylation sites is 1. The maximum absolute atomic E-state index is 12.5. The third-order valence-electron chi connectivity index (χ3n) is 3.11. The van der Waals surface area contributed by atoms with Crippen molar-refractivity contribution in [2.24, 2.45) is 0 Å². The summed E-state index contributed by atoms with van der Waals surface area (Å²) in [4.78, 5) is 19.8. The predicted octanol–water partition coefficient (Wildman–Crippen LogP) is 3.61. The van der Waals surface area contributed by atoms with E-state index in [4.69, 9.17) is 11.6 Å². The van der Waals surface area contributed by atoms with Gasteiger partial charge in [0.1, 0.15) is 17.8 Å². The fraction of sp³-hybridized carbons (Fsp3) is 0.267. The second kappa shape index (κ2) is 7.82. The standard InChI is InChI=1S/C15H14ClF2N3O2/c1-2-11(9-5-3-4-6-12(9)23-15(17)18)21-14(22)13-10(16)7-19-8-20-13/h3-8,11,15H,2H2,1H3,(H,21,22). The number of benzene rings is 1. The molecule has 2 rings (SSSR count). The number of carbonyl (C=O) groups is 1. The molecule has 0 saturated carbocycles. The largest absolute Gasteiger partial charge is 0.434 e. The lowest BCUT2D eigenvalue weighted by atomic mass is 10.0. The van der Waals surface area contributed by atoms with Gasteiger partial charge in [0.2, 0.25) is 0 Å². The fourth-order valence-corrected chi connectivity index (χ4v) is 2.27. The Morgan fingerprint density at radius 1 is 1.39 bits per heavy atom. The number of rotatable bonds is 6. The van der Waals surface area contributed by atoms with Crippen molar-refractivity contribution in [1.82, 2.24) is 15.3 Å². The molecule has 5 nitrogen and oxygen atoms in total. The van der Waals surface area contributed by atoms with Crippen LogP contribution in [0.4, 0.5) is 8.78 Å². The van der Waals surface area contributed by atoms with Crippen LogP contribution in [0.3, 0.4) is 0 Å². The maximum atomic E-state index is 12.5. The Balaban J connectivity index is 2.24. The molecule has 1 unspecified atom stereocenters. The van der Waals surface area contributed by atoms with Gasteiger partial charge in [-0.25, -0.2) is 9.97 Å². The molecule has 1 N–H and O–H groups in total. The van der Waals surface area contributed by atoms with Gasteiger partial charge < -0.3 is 10.1 Å². The van der Waals surface area contributed by atoms with Gasteiger partial charge in [0.25, 0.3) is 5.91 Å². The van der Waals surface area contributed by atoms with Gasteiger partial charge in [0.15, 0.2) is 0 Å². The molecule has 0 spiro atoms. The molecular formula is C15H14ClF2N3O2. The van der Waals surface area contributed by atoms with E-state index in [1.54, 1.807) is 18.2 Å². The zero-order valence-corrected chi connectivity index (χ0v) is 12.9. The number of hydrogen-bond acceptors (Lipinski definition) is 4. The highest BCUT2D eigenvalue weighted by Crippen LogP contribution is 2.28. The molecule has 0 radical (unpaired) electrons. The van der Waals surface area contributed by atoms with Crippen LogP contribution in [0.1, 0.15) is 35.4 Å². The van der Waals surface area contributed by atoms with E-state index in [1.165, 1.54) is 18.6 Å². The van der Waals surface area contributed by atoms with Crippen molar-refractivity contribution >= 4 is 17.5 Å². The Morgan fingerprint density at radius 2 is 2.13 bits per heavy atom. The van der Waals surface area contributed by atoms with Crippen LogP contribution in [0.25, 0.3) is 0 Å². The maximum Gasteiger partial charge on any atom is 0.387 e. The molecule has 1 atom stereocenters. The van der Waals surface area contributed by atoms with E-state index in [0.29, 0.717) is 12.0 Å². The third kappa shape index (κ3) is 4.35. The first-order valence-electron chi connectivity index (χ1n) is 6.83. The van der Waals surface area contributed by atoms with Crippen LogP contribution >= 0.6 is 11.6 Å². The molecule has 1 heterocycles. The summed E-state index contributed by atoms with van der Waals surface area (Å²) in [5.74, 6) is -0.500. The van der Waals surface area contributed by atoms with Crippen LogP contribution in [-0.4, -0.2) is 22.5 Å². The van der Waals surface area contributed by atoms with Crippen LogP contribution in [0, 0.1) is 0 Å². The van der Waals surface area contributed by atoms with Gasteiger partial charge in [-0.15, -0.1) is 0 Å². The molecule has 122 valence electrons. The molecule has 0 aliphatic rings.